The molecule has 0 aliphatic heterocycles. The van der Waals surface area contributed by atoms with Crippen LogP contribution in [-0.4, -0.2) is 34.9 Å². The van der Waals surface area contributed by atoms with Gasteiger partial charge in [-0.1, -0.05) is 35.5 Å². The van der Waals surface area contributed by atoms with Crippen molar-refractivity contribution in [2.45, 2.75) is 13.3 Å². The standard InChI is InChI=1S/C24H23BrFN5O3/c1-3-5-6-23(33)27-9-10-34-21-13-19-16(12-20(21)30-22(32)4-2)24(29-14-28-19)31-18-8-7-15(25)11-17(18)26/h4-8,11-14H,2-3,9-10H2,1H3,(H,27,33)(H,30,32)(H,28,29,31)/b6-5+. The van der Waals surface area contributed by atoms with Crippen molar-refractivity contribution in [1.82, 2.24) is 15.3 Å². The molecule has 0 unspecified atom stereocenters. The number of rotatable bonds is 10. The van der Waals surface area contributed by atoms with E-state index in [9.17, 15) is 14.0 Å². The van der Waals surface area contributed by atoms with E-state index in [4.69, 9.17) is 4.74 Å². The molecule has 3 rings (SSSR count). The van der Waals surface area contributed by atoms with Gasteiger partial charge in [0.2, 0.25) is 11.8 Å². The normalized spacial score (nSPS) is 10.8. The Morgan fingerprint density at radius 1 is 1.18 bits per heavy atom. The minimum absolute atomic E-state index is 0.161. The van der Waals surface area contributed by atoms with E-state index in [2.05, 4.69) is 48.4 Å². The average molecular weight is 528 g/mol. The Morgan fingerprint density at radius 2 is 2.00 bits per heavy atom. The Hall–Kier alpha value is -3.79. The first kappa shape index (κ1) is 24.8. The lowest BCUT2D eigenvalue weighted by atomic mass is 10.1. The summed E-state index contributed by atoms with van der Waals surface area (Å²) in [5, 5.41) is 8.91. The van der Waals surface area contributed by atoms with E-state index in [0.717, 1.165) is 12.5 Å². The van der Waals surface area contributed by atoms with Gasteiger partial charge in [0.25, 0.3) is 0 Å². The second-order valence-electron chi connectivity index (χ2n) is 6.98. The van der Waals surface area contributed by atoms with Crippen LogP contribution in [0, 0.1) is 5.82 Å². The van der Waals surface area contributed by atoms with Gasteiger partial charge in [-0.15, -0.1) is 0 Å². The molecular weight excluding hydrogens is 505 g/mol. The highest BCUT2D eigenvalue weighted by molar-refractivity contribution is 9.10. The predicted octanol–water partition coefficient (Wildman–Crippen LogP) is 4.86. The van der Waals surface area contributed by atoms with E-state index < -0.39 is 11.7 Å². The Kier molecular flexibility index (Phi) is 8.69. The molecule has 0 aliphatic carbocycles. The van der Waals surface area contributed by atoms with Gasteiger partial charge in [-0.3, -0.25) is 9.59 Å². The zero-order valence-corrected chi connectivity index (χ0v) is 20.0. The predicted molar refractivity (Wildman–Crippen MR) is 134 cm³/mol. The molecule has 34 heavy (non-hydrogen) atoms. The molecular formula is C24H23BrFN5O3. The fourth-order valence-corrected chi connectivity index (χ4v) is 3.25. The summed E-state index contributed by atoms with van der Waals surface area (Å²) in [6, 6.07) is 7.89. The second-order valence-corrected chi connectivity index (χ2v) is 7.90. The number of aromatic nitrogens is 2. The van der Waals surface area contributed by atoms with Crippen molar-refractivity contribution >= 4 is 55.8 Å². The van der Waals surface area contributed by atoms with Gasteiger partial charge in [-0.05, 0) is 42.8 Å². The first-order valence-corrected chi connectivity index (χ1v) is 11.2. The van der Waals surface area contributed by atoms with Crippen molar-refractivity contribution in [1.29, 1.82) is 0 Å². The van der Waals surface area contributed by atoms with Crippen molar-refractivity contribution in [3.05, 3.63) is 71.8 Å². The molecule has 3 aromatic rings. The van der Waals surface area contributed by atoms with E-state index in [1.165, 1.54) is 18.5 Å². The van der Waals surface area contributed by atoms with Crippen LogP contribution in [0.5, 0.6) is 5.75 Å². The van der Waals surface area contributed by atoms with Crippen molar-refractivity contribution in [2.24, 2.45) is 0 Å². The highest BCUT2D eigenvalue weighted by Crippen LogP contribution is 2.34. The lowest BCUT2D eigenvalue weighted by molar-refractivity contribution is -0.116. The number of carbonyl (C=O) groups is 2. The molecule has 0 saturated carbocycles. The molecule has 0 fully saturated rings. The number of allylic oxidation sites excluding steroid dienone is 1. The summed E-state index contributed by atoms with van der Waals surface area (Å²) in [7, 11) is 0. The van der Waals surface area contributed by atoms with Gasteiger partial charge in [0.05, 0.1) is 23.4 Å². The van der Waals surface area contributed by atoms with Gasteiger partial charge in [0, 0.05) is 15.9 Å². The van der Waals surface area contributed by atoms with Crippen LogP contribution in [0.4, 0.5) is 21.6 Å². The van der Waals surface area contributed by atoms with Crippen LogP contribution in [0.1, 0.15) is 13.3 Å². The van der Waals surface area contributed by atoms with Crippen molar-refractivity contribution in [2.75, 3.05) is 23.8 Å². The molecule has 0 spiro atoms. The van der Waals surface area contributed by atoms with Crippen molar-refractivity contribution in [3.63, 3.8) is 0 Å². The maximum absolute atomic E-state index is 14.3. The van der Waals surface area contributed by atoms with Crippen LogP contribution in [0.25, 0.3) is 10.9 Å². The minimum Gasteiger partial charge on any atom is -0.489 e. The van der Waals surface area contributed by atoms with Crippen LogP contribution in [0.3, 0.4) is 0 Å². The maximum Gasteiger partial charge on any atom is 0.247 e. The molecule has 176 valence electrons. The van der Waals surface area contributed by atoms with Crippen LogP contribution in [-0.2, 0) is 9.59 Å². The van der Waals surface area contributed by atoms with Gasteiger partial charge in [-0.25, -0.2) is 14.4 Å². The molecule has 8 nitrogen and oxygen atoms in total. The molecule has 2 amide bonds. The SMILES string of the molecule is C=CC(=O)Nc1cc2c(Nc3ccc(Br)cc3F)ncnc2cc1OCCNC(=O)/C=C/CC. The third-order valence-corrected chi connectivity index (χ3v) is 5.02. The summed E-state index contributed by atoms with van der Waals surface area (Å²) < 4.78 is 20.7. The van der Waals surface area contributed by atoms with Gasteiger partial charge >= 0.3 is 0 Å². The Bertz CT molecular complexity index is 1250. The Morgan fingerprint density at radius 3 is 2.74 bits per heavy atom. The summed E-state index contributed by atoms with van der Waals surface area (Å²) >= 11 is 3.23. The quantitative estimate of drug-likeness (QED) is 0.257. The number of amides is 2. The third-order valence-electron chi connectivity index (χ3n) is 4.53. The largest absolute Gasteiger partial charge is 0.489 e. The van der Waals surface area contributed by atoms with Crippen molar-refractivity contribution < 1.29 is 18.7 Å². The van der Waals surface area contributed by atoms with Crippen LogP contribution in [0.2, 0.25) is 0 Å². The first-order chi connectivity index (χ1) is 16.4. The molecule has 3 N–H and O–H groups in total. The Balaban J connectivity index is 1.87. The highest BCUT2D eigenvalue weighted by atomic mass is 79.9. The molecule has 0 bridgehead atoms. The van der Waals surface area contributed by atoms with Crippen LogP contribution >= 0.6 is 15.9 Å². The first-order valence-electron chi connectivity index (χ1n) is 10.4. The summed E-state index contributed by atoms with van der Waals surface area (Å²) in [4.78, 5) is 32.2. The lowest BCUT2D eigenvalue weighted by Gasteiger charge is -2.15. The summed E-state index contributed by atoms with van der Waals surface area (Å²) in [5.74, 6) is -0.417. The number of nitrogens with zero attached hydrogens (tertiary/aromatic N) is 2. The van der Waals surface area contributed by atoms with Gasteiger partial charge in [0.15, 0.2) is 0 Å². The number of carbonyl (C=O) groups excluding carboxylic acids is 2. The maximum atomic E-state index is 14.3. The molecule has 1 heterocycles. The number of hydrogen-bond acceptors (Lipinski definition) is 6. The van der Waals surface area contributed by atoms with E-state index >= 15 is 0 Å². The highest BCUT2D eigenvalue weighted by Gasteiger charge is 2.14. The fourth-order valence-electron chi connectivity index (χ4n) is 2.92. The van der Waals surface area contributed by atoms with Gasteiger partial charge < -0.3 is 20.7 Å². The fraction of sp³-hybridized carbons (Fsp3) is 0.167. The van der Waals surface area contributed by atoms with E-state index in [1.807, 2.05) is 6.92 Å². The van der Waals surface area contributed by atoms with Crippen LogP contribution < -0.4 is 20.7 Å². The summed E-state index contributed by atoms with van der Waals surface area (Å²) in [6.45, 7) is 5.83. The molecule has 0 saturated heterocycles. The number of halogens is 2. The number of fused-ring (bicyclic) bond motifs is 1. The second kappa shape index (κ2) is 11.9. The molecule has 1 aromatic heterocycles. The molecule has 10 heteroatoms. The Labute approximate surface area is 204 Å². The third kappa shape index (κ3) is 6.61. The van der Waals surface area contributed by atoms with E-state index in [1.54, 1.807) is 30.3 Å². The molecule has 0 atom stereocenters. The number of hydrogen-bond donors (Lipinski definition) is 3. The summed E-state index contributed by atoms with van der Waals surface area (Å²) in [5.41, 5.74) is 1.09. The monoisotopic (exact) mass is 527 g/mol. The van der Waals surface area contributed by atoms with Crippen LogP contribution in [0.15, 0.2) is 65.9 Å². The molecule has 2 aromatic carbocycles. The van der Waals surface area contributed by atoms with E-state index in [-0.39, 0.29) is 24.7 Å². The van der Waals surface area contributed by atoms with Gasteiger partial charge in [-0.2, -0.15) is 0 Å². The topological polar surface area (TPSA) is 105 Å². The van der Waals surface area contributed by atoms with E-state index in [0.29, 0.717) is 32.6 Å². The number of anilines is 3. The zero-order chi connectivity index (χ0) is 24.5. The van der Waals surface area contributed by atoms with Gasteiger partial charge in [0.1, 0.15) is 30.3 Å². The zero-order valence-electron chi connectivity index (χ0n) is 18.4. The minimum atomic E-state index is -0.461. The smallest absolute Gasteiger partial charge is 0.247 e. The number of ether oxygens (including phenoxy) is 1. The summed E-state index contributed by atoms with van der Waals surface area (Å²) in [6.07, 6.45) is 6.46. The van der Waals surface area contributed by atoms with Crippen molar-refractivity contribution in [3.8, 4) is 5.75 Å². The number of nitrogens with one attached hydrogen (secondary N) is 3. The lowest BCUT2D eigenvalue weighted by Crippen LogP contribution is -2.26. The average Bonchev–Trinajstić information content (AvgIpc) is 2.82. The molecule has 0 radical (unpaired) electrons. The molecule has 0 aliphatic rings. The number of benzene rings is 2.